The Morgan fingerprint density at radius 1 is 1.15 bits per heavy atom. The van der Waals surface area contributed by atoms with E-state index in [2.05, 4.69) is 71.0 Å². The molecule has 1 aromatic heterocycles. The minimum Gasteiger partial charge on any atom is -0.383 e. The minimum absolute atomic E-state index is 0.259. The third kappa shape index (κ3) is 2.93. The first-order valence-electron chi connectivity index (χ1n) is 6.54. The van der Waals surface area contributed by atoms with Crippen LogP contribution in [0.25, 0.3) is 0 Å². The van der Waals surface area contributed by atoms with Crippen LogP contribution in [0.2, 0.25) is 0 Å². The standard InChI is InChI=1S/C15H19BrN4/c1-8(2)12-14(17)18-7-19-15(12)20-13-9(3)5-11(16)6-10(13)4/h5-8H,1-4H3,(H3,17,18,19,20). The zero-order valence-electron chi connectivity index (χ0n) is 12.2. The second kappa shape index (κ2) is 5.79. The van der Waals surface area contributed by atoms with Crippen molar-refractivity contribution in [3.05, 3.63) is 39.6 Å². The molecule has 0 atom stereocenters. The average Bonchev–Trinajstić information content (AvgIpc) is 2.33. The summed E-state index contributed by atoms with van der Waals surface area (Å²) in [6.45, 7) is 8.31. The van der Waals surface area contributed by atoms with Crippen LogP contribution in [-0.4, -0.2) is 9.97 Å². The van der Waals surface area contributed by atoms with Crippen LogP contribution in [0, 0.1) is 13.8 Å². The van der Waals surface area contributed by atoms with E-state index in [0.29, 0.717) is 5.82 Å². The van der Waals surface area contributed by atoms with Crippen LogP contribution in [0.5, 0.6) is 0 Å². The van der Waals surface area contributed by atoms with Gasteiger partial charge in [0.25, 0.3) is 0 Å². The number of nitrogens with zero attached hydrogens (tertiary/aromatic N) is 2. The molecule has 0 fully saturated rings. The van der Waals surface area contributed by atoms with Gasteiger partial charge in [-0.3, -0.25) is 0 Å². The molecular formula is C15H19BrN4. The highest BCUT2D eigenvalue weighted by molar-refractivity contribution is 9.10. The van der Waals surface area contributed by atoms with E-state index in [1.165, 1.54) is 6.33 Å². The fourth-order valence-corrected chi connectivity index (χ4v) is 2.99. The van der Waals surface area contributed by atoms with Gasteiger partial charge in [-0.05, 0) is 43.0 Å². The van der Waals surface area contributed by atoms with E-state index < -0.39 is 0 Å². The Morgan fingerprint density at radius 3 is 2.30 bits per heavy atom. The normalized spacial score (nSPS) is 10.9. The molecule has 0 radical (unpaired) electrons. The second-order valence-corrected chi connectivity index (χ2v) is 6.13. The summed E-state index contributed by atoms with van der Waals surface area (Å²) in [5.41, 5.74) is 10.3. The van der Waals surface area contributed by atoms with E-state index in [-0.39, 0.29) is 5.92 Å². The van der Waals surface area contributed by atoms with Gasteiger partial charge in [-0.2, -0.15) is 0 Å². The predicted octanol–water partition coefficient (Wildman–Crippen LogP) is 4.31. The van der Waals surface area contributed by atoms with Crippen molar-refractivity contribution in [3.8, 4) is 0 Å². The van der Waals surface area contributed by atoms with Gasteiger partial charge in [0.15, 0.2) is 0 Å². The van der Waals surface area contributed by atoms with Crippen molar-refractivity contribution >= 4 is 33.3 Å². The maximum atomic E-state index is 5.98. The van der Waals surface area contributed by atoms with Gasteiger partial charge in [-0.1, -0.05) is 29.8 Å². The molecule has 0 unspecified atom stereocenters. The molecule has 0 saturated carbocycles. The molecule has 4 nitrogen and oxygen atoms in total. The van der Waals surface area contributed by atoms with Crippen molar-refractivity contribution in [1.82, 2.24) is 9.97 Å². The van der Waals surface area contributed by atoms with Gasteiger partial charge < -0.3 is 11.1 Å². The predicted molar refractivity (Wildman–Crippen MR) is 87.4 cm³/mol. The summed E-state index contributed by atoms with van der Waals surface area (Å²) in [7, 11) is 0. The van der Waals surface area contributed by atoms with Crippen LogP contribution in [-0.2, 0) is 0 Å². The topological polar surface area (TPSA) is 63.8 Å². The molecule has 0 spiro atoms. The summed E-state index contributed by atoms with van der Waals surface area (Å²) in [4.78, 5) is 8.43. The Morgan fingerprint density at radius 2 is 1.75 bits per heavy atom. The van der Waals surface area contributed by atoms with Crippen LogP contribution >= 0.6 is 15.9 Å². The van der Waals surface area contributed by atoms with Gasteiger partial charge in [0, 0.05) is 15.7 Å². The first-order valence-corrected chi connectivity index (χ1v) is 7.33. The number of anilines is 3. The lowest BCUT2D eigenvalue weighted by Crippen LogP contribution is -2.07. The number of hydrogen-bond donors (Lipinski definition) is 2. The molecule has 1 aromatic carbocycles. The van der Waals surface area contributed by atoms with E-state index in [4.69, 9.17) is 5.73 Å². The highest BCUT2D eigenvalue weighted by atomic mass is 79.9. The molecule has 2 aromatic rings. The number of nitrogen functional groups attached to an aromatic ring is 1. The maximum absolute atomic E-state index is 5.98. The SMILES string of the molecule is Cc1cc(Br)cc(C)c1Nc1ncnc(N)c1C(C)C. The molecule has 5 heteroatoms. The van der Waals surface area contributed by atoms with Gasteiger partial charge in [0.1, 0.15) is 18.0 Å². The number of nitrogens with one attached hydrogen (secondary N) is 1. The van der Waals surface area contributed by atoms with Crippen LogP contribution in [0.3, 0.4) is 0 Å². The van der Waals surface area contributed by atoms with Gasteiger partial charge >= 0.3 is 0 Å². The third-order valence-corrected chi connectivity index (χ3v) is 3.69. The fraction of sp³-hybridized carbons (Fsp3) is 0.333. The molecule has 0 aliphatic carbocycles. The third-order valence-electron chi connectivity index (χ3n) is 3.23. The Bertz CT molecular complexity index is 615. The molecule has 20 heavy (non-hydrogen) atoms. The lowest BCUT2D eigenvalue weighted by atomic mass is 10.0. The molecule has 3 N–H and O–H groups in total. The summed E-state index contributed by atoms with van der Waals surface area (Å²) in [6.07, 6.45) is 1.49. The molecule has 2 rings (SSSR count). The number of nitrogens with two attached hydrogens (primary N) is 1. The van der Waals surface area contributed by atoms with Crippen molar-refractivity contribution in [1.29, 1.82) is 0 Å². The number of aryl methyl sites for hydroxylation is 2. The Labute approximate surface area is 128 Å². The fourth-order valence-electron chi connectivity index (χ4n) is 2.30. The summed E-state index contributed by atoms with van der Waals surface area (Å²) >= 11 is 3.51. The first kappa shape index (κ1) is 14.8. The zero-order valence-corrected chi connectivity index (χ0v) is 13.7. The molecule has 0 saturated heterocycles. The maximum Gasteiger partial charge on any atom is 0.139 e. The largest absolute Gasteiger partial charge is 0.383 e. The minimum atomic E-state index is 0.259. The number of benzene rings is 1. The lowest BCUT2D eigenvalue weighted by Gasteiger charge is -2.18. The van der Waals surface area contributed by atoms with Crippen LogP contribution in [0.15, 0.2) is 22.9 Å². The monoisotopic (exact) mass is 334 g/mol. The van der Waals surface area contributed by atoms with E-state index in [0.717, 1.165) is 32.7 Å². The Kier molecular flexibility index (Phi) is 4.28. The van der Waals surface area contributed by atoms with Crippen molar-refractivity contribution in [2.75, 3.05) is 11.1 Å². The van der Waals surface area contributed by atoms with Crippen molar-refractivity contribution in [3.63, 3.8) is 0 Å². The van der Waals surface area contributed by atoms with Crippen LogP contribution < -0.4 is 11.1 Å². The number of aromatic nitrogens is 2. The second-order valence-electron chi connectivity index (χ2n) is 5.22. The van der Waals surface area contributed by atoms with Gasteiger partial charge in [-0.15, -0.1) is 0 Å². The molecule has 1 heterocycles. The summed E-state index contributed by atoms with van der Waals surface area (Å²) in [5, 5.41) is 3.41. The first-order chi connectivity index (χ1) is 9.40. The van der Waals surface area contributed by atoms with Gasteiger partial charge in [0.05, 0.1) is 0 Å². The summed E-state index contributed by atoms with van der Waals surface area (Å²) in [5.74, 6) is 1.57. The van der Waals surface area contributed by atoms with Gasteiger partial charge in [0.2, 0.25) is 0 Å². The van der Waals surface area contributed by atoms with E-state index >= 15 is 0 Å². The Balaban J connectivity index is 2.48. The summed E-state index contributed by atoms with van der Waals surface area (Å²) < 4.78 is 1.07. The van der Waals surface area contributed by atoms with Crippen LogP contribution in [0.1, 0.15) is 36.5 Å². The zero-order chi connectivity index (χ0) is 14.9. The number of rotatable bonds is 3. The lowest BCUT2D eigenvalue weighted by molar-refractivity contribution is 0.854. The van der Waals surface area contributed by atoms with E-state index in [1.807, 2.05) is 0 Å². The summed E-state index contributed by atoms with van der Waals surface area (Å²) in [6, 6.07) is 4.16. The molecular weight excluding hydrogens is 316 g/mol. The highest BCUT2D eigenvalue weighted by Gasteiger charge is 2.14. The molecule has 106 valence electrons. The van der Waals surface area contributed by atoms with Crippen LogP contribution in [0.4, 0.5) is 17.3 Å². The average molecular weight is 335 g/mol. The number of halogens is 1. The van der Waals surface area contributed by atoms with E-state index in [1.54, 1.807) is 0 Å². The molecule has 0 aliphatic heterocycles. The van der Waals surface area contributed by atoms with Crippen molar-refractivity contribution in [2.45, 2.75) is 33.6 Å². The smallest absolute Gasteiger partial charge is 0.139 e. The van der Waals surface area contributed by atoms with E-state index in [9.17, 15) is 0 Å². The molecule has 0 amide bonds. The molecule has 0 aliphatic rings. The van der Waals surface area contributed by atoms with Crippen molar-refractivity contribution in [2.24, 2.45) is 0 Å². The number of hydrogen-bond acceptors (Lipinski definition) is 4. The van der Waals surface area contributed by atoms with Gasteiger partial charge in [-0.25, -0.2) is 9.97 Å². The highest BCUT2D eigenvalue weighted by Crippen LogP contribution is 2.32. The molecule has 0 bridgehead atoms. The van der Waals surface area contributed by atoms with Crippen molar-refractivity contribution < 1.29 is 0 Å². The Hall–Kier alpha value is -1.62. The quantitative estimate of drug-likeness (QED) is 0.877.